The average molecular weight is 358 g/mol. The summed E-state index contributed by atoms with van der Waals surface area (Å²) in [7, 11) is 0. The Kier molecular flexibility index (Phi) is 6.10. The van der Waals surface area contributed by atoms with E-state index in [1.807, 2.05) is 6.92 Å². The van der Waals surface area contributed by atoms with Gasteiger partial charge in [-0.15, -0.1) is 11.3 Å². The number of para-hydroxylation sites is 1. The van der Waals surface area contributed by atoms with Crippen molar-refractivity contribution in [3.05, 3.63) is 52.7 Å². The van der Waals surface area contributed by atoms with E-state index < -0.39 is 0 Å². The summed E-state index contributed by atoms with van der Waals surface area (Å²) in [6, 6.07) is 15.2. The van der Waals surface area contributed by atoms with Gasteiger partial charge in [-0.1, -0.05) is 31.2 Å². The van der Waals surface area contributed by atoms with Crippen molar-refractivity contribution in [2.45, 2.75) is 32.4 Å². The molecule has 25 heavy (non-hydrogen) atoms. The Labute approximate surface area is 154 Å². The molecule has 0 radical (unpaired) electrons. The number of carbonyl (C=O) groups is 1. The Hall–Kier alpha value is -1.85. The van der Waals surface area contributed by atoms with Crippen LogP contribution in [0.25, 0.3) is 0 Å². The molecule has 2 aromatic rings. The van der Waals surface area contributed by atoms with Gasteiger partial charge in [0, 0.05) is 49.2 Å². The van der Waals surface area contributed by atoms with Crippen molar-refractivity contribution in [2.24, 2.45) is 0 Å². The molecule has 1 aliphatic heterocycles. The van der Waals surface area contributed by atoms with E-state index in [2.05, 4.69) is 69.9 Å². The van der Waals surface area contributed by atoms with Crippen LogP contribution in [0.1, 0.15) is 31.2 Å². The first-order valence-electron chi connectivity index (χ1n) is 9.06. The lowest BCUT2D eigenvalue weighted by molar-refractivity contribution is -0.121. The minimum atomic E-state index is 0.106. The highest BCUT2D eigenvalue weighted by Crippen LogP contribution is 2.30. The first kappa shape index (κ1) is 18.0. The molecule has 2 heterocycles. The van der Waals surface area contributed by atoms with E-state index >= 15 is 0 Å². The Bertz CT molecular complexity index is 651. The van der Waals surface area contributed by atoms with Gasteiger partial charge in [-0.3, -0.25) is 9.69 Å². The lowest BCUT2D eigenvalue weighted by Crippen LogP contribution is -2.52. The maximum Gasteiger partial charge on any atom is 0.219 e. The summed E-state index contributed by atoms with van der Waals surface area (Å²) >= 11 is 1.78. The van der Waals surface area contributed by atoms with Gasteiger partial charge in [-0.25, -0.2) is 0 Å². The molecule has 134 valence electrons. The molecule has 1 fully saturated rings. The van der Waals surface area contributed by atoms with E-state index in [9.17, 15) is 4.79 Å². The first-order valence-corrected chi connectivity index (χ1v) is 9.94. The first-order chi connectivity index (χ1) is 12.2. The normalized spacial score (nSPS) is 17.9. The molecule has 1 aliphatic rings. The van der Waals surface area contributed by atoms with Crippen LogP contribution in [0.2, 0.25) is 0 Å². The van der Waals surface area contributed by atoms with Crippen molar-refractivity contribution in [1.29, 1.82) is 0 Å². The maximum absolute atomic E-state index is 11.9. The van der Waals surface area contributed by atoms with E-state index in [1.165, 1.54) is 10.6 Å². The second-order valence-electron chi connectivity index (χ2n) is 6.53. The van der Waals surface area contributed by atoms with Gasteiger partial charge in [0.1, 0.15) is 0 Å². The van der Waals surface area contributed by atoms with Crippen molar-refractivity contribution in [1.82, 2.24) is 10.2 Å². The summed E-state index contributed by atoms with van der Waals surface area (Å²) in [5, 5.41) is 5.29. The van der Waals surface area contributed by atoms with Crippen molar-refractivity contribution in [3.63, 3.8) is 0 Å². The fraction of sp³-hybridized carbons (Fsp3) is 0.450. The standard InChI is InChI=1S/C20H27N3OS/c1-3-19(24)21-16(2)20(18-10-7-15-25-18)23-13-11-22(12-14-23)17-8-5-4-6-9-17/h4-10,15-16,20H,3,11-14H2,1-2H3,(H,21,24). The van der Waals surface area contributed by atoms with Crippen molar-refractivity contribution in [3.8, 4) is 0 Å². The monoisotopic (exact) mass is 357 g/mol. The molecule has 4 nitrogen and oxygen atoms in total. The van der Waals surface area contributed by atoms with Crippen LogP contribution in [-0.4, -0.2) is 43.0 Å². The van der Waals surface area contributed by atoms with Crippen molar-refractivity contribution >= 4 is 22.9 Å². The van der Waals surface area contributed by atoms with Gasteiger partial charge >= 0.3 is 0 Å². The second kappa shape index (κ2) is 8.50. The van der Waals surface area contributed by atoms with E-state index in [4.69, 9.17) is 0 Å². The van der Waals surface area contributed by atoms with E-state index in [0.29, 0.717) is 6.42 Å². The lowest BCUT2D eigenvalue weighted by Gasteiger charge is -2.42. The summed E-state index contributed by atoms with van der Waals surface area (Å²) in [5.41, 5.74) is 1.29. The number of anilines is 1. The number of thiophene rings is 1. The summed E-state index contributed by atoms with van der Waals surface area (Å²) in [5.74, 6) is 0.122. The number of hydrogen-bond acceptors (Lipinski definition) is 4. The molecule has 1 amide bonds. The Balaban J connectivity index is 1.69. The van der Waals surface area contributed by atoms with Crippen LogP contribution >= 0.6 is 11.3 Å². The summed E-state index contributed by atoms with van der Waals surface area (Å²) < 4.78 is 0. The van der Waals surface area contributed by atoms with Crippen LogP contribution in [0, 0.1) is 0 Å². The smallest absolute Gasteiger partial charge is 0.219 e. The highest BCUT2D eigenvalue weighted by atomic mass is 32.1. The predicted octanol–water partition coefficient (Wildman–Crippen LogP) is 3.53. The molecule has 1 N–H and O–H groups in total. The second-order valence-corrected chi connectivity index (χ2v) is 7.51. The Morgan fingerprint density at radius 3 is 2.44 bits per heavy atom. The molecule has 0 bridgehead atoms. The lowest BCUT2D eigenvalue weighted by atomic mass is 10.0. The van der Waals surface area contributed by atoms with E-state index in [1.54, 1.807) is 11.3 Å². The number of benzene rings is 1. The number of rotatable bonds is 6. The maximum atomic E-state index is 11.9. The third kappa shape index (κ3) is 4.41. The van der Waals surface area contributed by atoms with Crippen LogP contribution < -0.4 is 10.2 Å². The third-order valence-electron chi connectivity index (χ3n) is 4.85. The topological polar surface area (TPSA) is 35.6 Å². The number of nitrogens with one attached hydrogen (secondary N) is 1. The number of amides is 1. The number of piperazine rings is 1. The summed E-state index contributed by atoms with van der Waals surface area (Å²) in [6.45, 7) is 8.07. The molecular formula is C20H27N3OS. The SMILES string of the molecule is CCC(=O)NC(C)C(c1cccs1)N1CCN(c2ccccc2)CC1. The molecule has 0 spiro atoms. The summed E-state index contributed by atoms with van der Waals surface area (Å²) in [4.78, 5) is 18.2. The number of carbonyl (C=O) groups excluding carboxylic acids is 1. The largest absolute Gasteiger partial charge is 0.369 e. The minimum absolute atomic E-state index is 0.106. The van der Waals surface area contributed by atoms with Crippen LogP contribution in [0.5, 0.6) is 0 Å². The summed E-state index contributed by atoms with van der Waals surface area (Å²) in [6.07, 6.45) is 0.531. The van der Waals surface area contributed by atoms with Gasteiger partial charge in [0.05, 0.1) is 6.04 Å². The van der Waals surface area contributed by atoms with E-state index in [0.717, 1.165) is 26.2 Å². The zero-order valence-electron chi connectivity index (χ0n) is 15.0. The molecule has 1 aromatic carbocycles. The van der Waals surface area contributed by atoms with Gasteiger partial charge in [-0.05, 0) is 30.5 Å². The molecule has 3 rings (SSSR count). The van der Waals surface area contributed by atoms with E-state index in [-0.39, 0.29) is 18.0 Å². The molecule has 2 atom stereocenters. The molecule has 1 aromatic heterocycles. The highest BCUT2D eigenvalue weighted by molar-refractivity contribution is 7.10. The number of hydrogen-bond donors (Lipinski definition) is 1. The molecule has 0 saturated carbocycles. The predicted molar refractivity (Wildman–Crippen MR) is 105 cm³/mol. The minimum Gasteiger partial charge on any atom is -0.369 e. The molecule has 1 saturated heterocycles. The van der Waals surface area contributed by atoms with Gasteiger partial charge in [-0.2, -0.15) is 0 Å². The zero-order valence-corrected chi connectivity index (χ0v) is 15.8. The highest BCUT2D eigenvalue weighted by Gasteiger charge is 2.30. The molecular weight excluding hydrogens is 330 g/mol. The van der Waals surface area contributed by atoms with Gasteiger partial charge < -0.3 is 10.2 Å². The number of nitrogens with zero attached hydrogens (tertiary/aromatic N) is 2. The van der Waals surface area contributed by atoms with Gasteiger partial charge in [0.15, 0.2) is 0 Å². The van der Waals surface area contributed by atoms with Crippen LogP contribution in [0.3, 0.4) is 0 Å². The van der Waals surface area contributed by atoms with Crippen molar-refractivity contribution < 1.29 is 4.79 Å². The molecule has 5 heteroatoms. The Morgan fingerprint density at radius 1 is 1.12 bits per heavy atom. The van der Waals surface area contributed by atoms with Gasteiger partial charge in [0.2, 0.25) is 5.91 Å². The quantitative estimate of drug-likeness (QED) is 0.859. The van der Waals surface area contributed by atoms with Crippen LogP contribution in [0.15, 0.2) is 47.8 Å². The fourth-order valence-corrected chi connectivity index (χ4v) is 4.50. The Morgan fingerprint density at radius 2 is 1.84 bits per heavy atom. The fourth-order valence-electron chi connectivity index (χ4n) is 3.53. The van der Waals surface area contributed by atoms with Crippen LogP contribution in [-0.2, 0) is 4.79 Å². The van der Waals surface area contributed by atoms with Gasteiger partial charge in [0.25, 0.3) is 0 Å². The van der Waals surface area contributed by atoms with Crippen molar-refractivity contribution in [2.75, 3.05) is 31.1 Å². The molecule has 0 aliphatic carbocycles. The average Bonchev–Trinajstić information content (AvgIpc) is 3.17. The zero-order chi connectivity index (χ0) is 17.6. The third-order valence-corrected chi connectivity index (χ3v) is 5.79. The molecule has 2 unspecified atom stereocenters. The van der Waals surface area contributed by atoms with Crippen LogP contribution in [0.4, 0.5) is 5.69 Å².